The molecule has 1 saturated carbocycles. The maximum absolute atomic E-state index is 12.4. The number of benzene rings is 1. The SMILES string of the molecule is C[C@]1(O)[C@@H](OC(=O)c2ccc(Br)cc2)[C@H]2OC(=O)C3=COC(=O)[C@H]1[C@@H]32. The number of rotatable bonds is 2. The van der Waals surface area contributed by atoms with Crippen LogP contribution in [0.5, 0.6) is 0 Å². The first-order valence-electron chi connectivity index (χ1n) is 7.61. The number of carbonyl (C=O) groups is 3. The molecular formula is C17H13BrO7. The van der Waals surface area contributed by atoms with E-state index in [-0.39, 0.29) is 11.1 Å². The summed E-state index contributed by atoms with van der Waals surface area (Å²) in [5.74, 6) is -3.71. The molecule has 0 aromatic heterocycles. The van der Waals surface area contributed by atoms with Gasteiger partial charge < -0.3 is 19.3 Å². The topological polar surface area (TPSA) is 99.1 Å². The van der Waals surface area contributed by atoms with Gasteiger partial charge in [0.15, 0.2) is 6.10 Å². The van der Waals surface area contributed by atoms with Gasteiger partial charge in [0.25, 0.3) is 0 Å². The third-order valence-electron chi connectivity index (χ3n) is 4.92. The van der Waals surface area contributed by atoms with E-state index in [0.717, 1.165) is 10.7 Å². The van der Waals surface area contributed by atoms with Crippen LogP contribution in [0.3, 0.4) is 0 Å². The van der Waals surface area contributed by atoms with Gasteiger partial charge in [-0.2, -0.15) is 0 Å². The lowest BCUT2D eigenvalue weighted by molar-refractivity contribution is -0.162. The third-order valence-corrected chi connectivity index (χ3v) is 5.45. The standard InChI is InChI=1S/C17H13BrO7/c1-17(22)11-10-9(6-23-16(11)21)15(20)24-12(10)13(17)25-14(19)7-2-4-8(18)5-3-7/h2-6,10-13,22H,1H3/t10-,11-,12+,13+,17-/m1/s1. The number of hydrogen-bond acceptors (Lipinski definition) is 7. The number of carbonyl (C=O) groups excluding carboxylic acids is 3. The van der Waals surface area contributed by atoms with Crippen LogP contribution in [0.25, 0.3) is 0 Å². The van der Waals surface area contributed by atoms with Gasteiger partial charge in [0.2, 0.25) is 0 Å². The van der Waals surface area contributed by atoms with Gasteiger partial charge in [0, 0.05) is 4.47 Å². The Bertz CT molecular complexity index is 811. The molecule has 3 aliphatic rings. The van der Waals surface area contributed by atoms with Crippen LogP contribution in [0, 0.1) is 11.8 Å². The second-order valence-corrected chi connectivity index (χ2v) is 7.36. The molecule has 130 valence electrons. The highest BCUT2D eigenvalue weighted by molar-refractivity contribution is 9.10. The fourth-order valence-corrected chi connectivity index (χ4v) is 4.00. The third kappa shape index (κ3) is 2.31. The molecule has 1 aromatic rings. The van der Waals surface area contributed by atoms with Gasteiger partial charge in [0.05, 0.1) is 17.1 Å². The second kappa shape index (κ2) is 5.40. The quantitative estimate of drug-likeness (QED) is 0.582. The lowest BCUT2D eigenvalue weighted by atomic mass is 9.82. The highest BCUT2D eigenvalue weighted by Crippen LogP contribution is 2.52. The van der Waals surface area contributed by atoms with Crippen LogP contribution in [-0.2, 0) is 23.8 Å². The van der Waals surface area contributed by atoms with E-state index in [1.54, 1.807) is 24.3 Å². The smallest absolute Gasteiger partial charge is 0.338 e. The minimum Gasteiger partial charge on any atom is -0.454 e. The monoisotopic (exact) mass is 408 g/mol. The maximum Gasteiger partial charge on any atom is 0.338 e. The van der Waals surface area contributed by atoms with Crippen molar-refractivity contribution in [2.75, 3.05) is 0 Å². The van der Waals surface area contributed by atoms with Gasteiger partial charge in [-0.15, -0.1) is 0 Å². The minimum atomic E-state index is -1.72. The van der Waals surface area contributed by atoms with Gasteiger partial charge in [-0.25, -0.2) is 9.59 Å². The lowest BCUT2D eigenvalue weighted by Gasteiger charge is -2.32. The van der Waals surface area contributed by atoms with E-state index in [1.807, 2.05) is 0 Å². The Morgan fingerprint density at radius 2 is 1.96 bits per heavy atom. The van der Waals surface area contributed by atoms with E-state index in [2.05, 4.69) is 15.9 Å². The molecule has 2 heterocycles. The number of esters is 3. The van der Waals surface area contributed by atoms with E-state index in [0.29, 0.717) is 0 Å². The van der Waals surface area contributed by atoms with Crippen LogP contribution in [0.4, 0.5) is 0 Å². The van der Waals surface area contributed by atoms with Crippen LogP contribution < -0.4 is 0 Å². The van der Waals surface area contributed by atoms with E-state index >= 15 is 0 Å². The summed E-state index contributed by atoms with van der Waals surface area (Å²) < 4.78 is 16.4. The summed E-state index contributed by atoms with van der Waals surface area (Å²) in [7, 11) is 0. The zero-order valence-corrected chi connectivity index (χ0v) is 14.6. The van der Waals surface area contributed by atoms with Crippen molar-refractivity contribution in [3.8, 4) is 0 Å². The van der Waals surface area contributed by atoms with Crippen molar-refractivity contribution in [1.82, 2.24) is 0 Å². The largest absolute Gasteiger partial charge is 0.454 e. The van der Waals surface area contributed by atoms with E-state index in [9.17, 15) is 19.5 Å². The number of cyclic esters (lactones) is 1. The fourth-order valence-electron chi connectivity index (χ4n) is 3.73. The molecule has 0 bridgehead atoms. The summed E-state index contributed by atoms with van der Waals surface area (Å²) in [5, 5.41) is 10.9. The molecule has 1 N–H and O–H groups in total. The first kappa shape index (κ1) is 16.3. The van der Waals surface area contributed by atoms with Crippen molar-refractivity contribution in [2.45, 2.75) is 24.7 Å². The molecule has 8 heteroatoms. The maximum atomic E-state index is 12.4. The van der Waals surface area contributed by atoms with Gasteiger partial charge in [-0.1, -0.05) is 15.9 Å². The Kier molecular flexibility index (Phi) is 3.52. The molecular weight excluding hydrogens is 396 g/mol. The molecule has 25 heavy (non-hydrogen) atoms. The molecule has 0 unspecified atom stereocenters. The molecule has 2 fully saturated rings. The molecule has 2 aliphatic heterocycles. The summed E-state index contributed by atoms with van der Waals surface area (Å²) in [6, 6.07) is 6.47. The van der Waals surface area contributed by atoms with Crippen molar-refractivity contribution in [2.24, 2.45) is 11.8 Å². The molecule has 4 rings (SSSR count). The van der Waals surface area contributed by atoms with Crippen LogP contribution in [0.1, 0.15) is 17.3 Å². The summed E-state index contributed by atoms with van der Waals surface area (Å²) in [5.41, 5.74) is -1.27. The molecule has 7 nitrogen and oxygen atoms in total. The highest BCUT2D eigenvalue weighted by Gasteiger charge is 2.70. The van der Waals surface area contributed by atoms with Crippen LogP contribution in [-0.4, -0.2) is 40.8 Å². The van der Waals surface area contributed by atoms with Crippen LogP contribution >= 0.6 is 15.9 Å². The Morgan fingerprint density at radius 1 is 1.28 bits per heavy atom. The van der Waals surface area contributed by atoms with Gasteiger partial charge in [-0.3, -0.25) is 4.79 Å². The zero-order valence-electron chi connectivity index (χ0n) is 13.0. The first-order valence-corrected chi connectivity index (χ1v) is 8.40. The average Bonchev–Trinajstić information content (AvgIpc) is 2.98. The zero-order chi connectivity index (χ0) is 17.9. The number of hydrogen-bond donors (Lipinski definition) is 1. The summed E-state index contributed by atoms with van der Waals surface area (Å²) >= 11 is 3.27. The predicted molar refractivity (Wildman–Crippen MR) is 85.0 cm³/mol. The fraction of sp³-hybridized carbons (Fsp3) is 0.353. The minimum absolute atomic E-state index is 0.178. The molecule has 0 spiro atoms. The lowest BCUT2D eigenvalue weighted by Crippen LogP contribution is -2.49. The molecule has 5 atom stereocenters. The average molecular weight is 409 g/mol. The predicted octanol–water partition coefficient (Wildman–Crippen LogP) is 1.34. The number of halogens is 1. The highest BCUT2D eigenvalue weighted by atomic mass is 79.9. The Hall–Kier alpha value is -2.19. The first-order chi connectivity index (χ1) is 11.8. The van der Waals surface area contributed by atoms with E-state index < -0.39 is 47.6 Å². The van der Waals surface area contributed by atoms with Crippen molar-refractivity contribution in [1.29, 1.82) is 0 Å². The van der Waals surface area contributed by atoms with Crippen molar-refractivity contribution >= 4 is 33.8 Å². The van der Waals surface area contributed by atoms with E-state index in [4.69, 9.17) is 14.2 Å². The van der Waals surface area contributed by atoms with Gasteiger partial charge >= 0.3 is 17.9 Å². The van der Waals surface area contributed by atoms with Gasteiger partial charge in [-0.05, 0) is 31.2 Å². The number of ether oxygens (including phenoxy) is 3. The van der Waals surface area contributed by atoms with Crippen molar-refractivity contribution in [3.63, 3.8) is 0 Å². The number of aliphatic hydroxyl groups is 1. The van der Waals surface area contributed by atoms with Crippen molar-refractivity contribution < 1.29 is 33.7 Å². The summed E-state index contributed by atoms with van der Waals surface area (Å²) in [6.07, 6.45) is -1.05. The van der Waals surface area contributed by atoms with Crippen LogP contribution in [0.2, 0.25) is 0 Å². The summed E-state index contributed by atoms with van der Waals surface area (Å²) in [6.45, 7) is 1.38. The normalized spacial score (nSPS) is 35.6. The Morgan fingerprint density at radius 3 is 2.64 bits per heavy atom. The Labute approximate surface area is 150 Å². The van der Waals surface area contributed by atoms with Crippen LogP contribution in [0.15, 0.2) is 40.6 Å². The second-order valence-electron chi connectivity index (χ2n) is 6.44. The van der Waals surface area contributed by atoms with Gasteiger partial charge in [0.1, 0.15) is 23.9 Å². The molecule has 1 aliphatic carbocycles. The van der Waals surface area contributed by atoms with Crippen molar-refractivity contribution in [3.05, 3.63) is 46.1 Å². The molecule has 1 saturated heterocycles. The van der Waals surface area contributed by atoms with E-state index in [1.165, 1.54) is 6.92 Å². The molecule has 0 amide bonds. The molecule has 1 aromatic carbocycles. The summed E-state index contributed by atoms with van der Waals surface area (Å²) in [4.78, 5) is 36.5. The Balaban J connectivity index is 1.67. The molecule has 0 radical (unpaired) electrons.